The standard InChI is InChI=1S/C22H26N2O3S/c1-15-11-21(27-4)22(12-16(15)2)28(25,26)24-10-9-18(14-24)20-13-17-7-5-6-8-19(17)23(20)3/h5-8,11-13,18H,9-10,14H2,1-4H3. The van der Waals surface area contributed by atoms with Crippen LogP contribution >= 0.6 is 0 Å². The zero-order valence-corrected chi connectivity index (χ0v) is 17.6. The number of aryl methyl sites for hydroxylation is 3. The summed E-state index contributed by atoms with van der Waals surface area (Å²) in [6, 6.07) is 14.0. The van der Waals surface area contributed by atoms with Crippen LogP contribution in [0, 0.1) is 13.8 Å². The maximum absolute atomic E-state index is 13.4. The summed E-state index contributed by atoms with van der Waals surface area (Å²) in [5.74, 6) is 0.598. The number of methoxy groups -OCH3 is 1. The van der Waals surface area contributed by atoms with Gasteiger partial charge in [0.2, 0.25) is 10.0 Å². The summed E-state index contributed by atoms with van der Waals surface area (Å²) in [6.07, 6.45) is 0.816. The number of sulfonamides is 1. The highest BCUT2D eigenvalue weighted by Gasteiger charge is 2.36. The highest BCUT2D eigenvalue weighted by atomic mass is 32.2. The van der Waals surface area contributed by atoms with Gasteiger partial charge in [0.25, 0.3) is 0 Å². The van der Waals surface area contributed by atoms with Crippen LogP contribution in [0.1, 0.15) is 29.2 Å². The van der Waals surface area contributed by atoms with Gasteiger partial charge in [0.15, 0.2) is 0 Å². The zero-order valence-electron chi connectivity index (χ0n) is 16.8. The predicted octanol–water partition coefficient (Wildman–Crippen LogP) is 3.98. The van der Waals surface area contributed by atoms with Crippen molar-refractivity contribution in [2.24, 2.45) is 7.05 Å². The van der Waals surface area contributed by atoms with Crippen molar-refractivity contribution in [3.63, 3.8) is 0 Å². The van der Waals surface area contributed by atoms with Gasteiger partial charge < -0.3 is 9.30 Å². The molecule has 28 heavy (non-hydrogen) atoms. The molecule has 3 aromatic rings. The molecule has 4 rings (SSSR count). The molecular formula is C22H26N2O3S. The second-order valence-corrected chi connectivity index (χ2v) is 9.53. The van der Waals surface area contributed by atoms with Crippen LogP contribution in [0.5, 0.6) is 5.75 Å². The first kappa shape index (κ1) is 19.0. The maximum atomic E-state index is 13.4. The van der Waals surface area contributed by atoms with E-state index in [4.69, 9.17) is 4.74 Å². The molecule has 6 heteroatoms. The molecule has 1 saturated heterocycles. The Bertz CT molecular complexity index is 1150. The molecule has 1 aliphatic heterocycles. The van der Waals surface area contributed by atoms with Gasteiger partial charge in [-0.2, -0.15) is 4.31 Å². The second-order valence-electron chi connectivity index (χ2n) is 7.62. The molecule has 0 spiro atoms. The SMILES string of the molecule is COc1cc(C)c(C)cc1S(=O)(=O)N1CCC(c2cc3ccccc3n2C)C1. The normalized spacial score (nSPS) is 18.1. The molecule has 0 aliphatic carbocycles. The van der Waals surface area contributed by atoms with Gasteiger partial charge in [0.05, 0.1) is 7.11 Å². The van der Waals surface area contributed by atoms with E-state index in [0.717, 1.165) is 17.5 Å². The topological polar surface area (TPSA) is 51.5 Å². The lowest BCUT2D eigenvalue weighted by Gasteiger charge is -2.20. The minimum atomic E-state index is -3.61. The number of hydrogen-bond donors (Lipinski definition) is 0. The third-order valence-electron chi connectivity index (χ3n) is 5.96. The fourth-order valence-corrected chi connectivity index (χ4v) is 5.88. The second kappa shape index (κ2) is 6.94. The Morgan fingerprint density at radius 3 is 2.50 bits per heavy atom. The van der Waals surface area contributed by atoms with Crippen LogP contribution in [0.3, 0.4) is 0 Å². The van der Waals surface area contributed by atoms with Crippen LogP contribution in [-0.2, 0) is 17.1 Å². The number of rotatable bonds is 4. The van der Waals surface area contributed by atoms with E-state index in [1.807, 2.05) is 26.0 Å². The molecular weight excluding hydrogens is 372 g/mol. The lowest BCUT2D eigenvalue weighted by atomic mass is 10.1. The summed E-state index contributed by atoms with van der Waals surface area (Å²) in [7, 11) is -0.0295. The molecule has 0 N–H and O–H groups in total. The molecule has 2 aromatic carbocycles. The Morgan fingerprint density at radius 1 is 1.07 bits per heavy atom. The first-order chi connectivity index (χ1) is 13.3. The first-order valence-electron chi connectivity index (χ1n) is 9.52. The molecule has 1 atom stereocenters. The summed E-state index contributed by atoms with van der Waals surface area (Å²) < 4.78 is 35.9. The van der Waals surface area contributed by atoms with Crippen molar-refractivity contribution >= 4 is 20.9 Å². The number of hydrogen-bond acceptors (Lipinski definition) is 3. The number of para-hydroxylation sites is 1. The van der Waals surface area contributed by atoms with Crippen molar-refractivity contribution in [2.75, 3.05) is 20.2 Å². The van der Waals surface area contributed by atoms with Crippen molar-refractivity contribution in [2.45, 2.75) is 31.1 Å². The van der Waals surface area contributed by atoms with E-state index in [1.165, 1.54) is 23.7 Å². The summed E-state index contributed by atoms with van der Waals surface area (Å²) in [5, 5.41) is 1.19. The minimum Gasteiger partial charge on any atom is -0.495 e. The molecule has 1 fully saturated rings. The van der Waals surface area contributed by atoms with E-state index < -0.39 is 10.0 Å². The van der Waals surface area contributed by atoms with Gasteiger partial charge in [-0.15, -0.1) is 0 Å². The molecule has 0 radical (unpaired) electrons. The van der Waals surface area contributed by atoms with Crippen molar-refractivity contribution in [3.05, 3.63) is 59.3 Å². The number of fused-ring (bicyclic) bond motifs is 1. The average molecular weight is 399 g/mol. The number of ether oxygens (including phenoxy) is 1. The van der Waals surface area contributed by atoms with Crippen LogP contribution in [0.25, 0.3) is 10.9 Å². The molecule has 0 bridgehead atoms. The van der Waals surface area contributed by atoms with Gasteiger partial charge in [-0.1, -0.05) is 18.2 Å². The van der Waals surface area contributed by atoms with Gasteiger partial charge in [-0.25, -0.2) is 8.42 Å². The summed E-state index contributed by atoms with van der Waals surface area (Å²) in [6.45, 7) is 4.89. The Morgan fingerprint density at radius 2 is 1.79 bits per heavy atom. The average Bonchev–Trinajstić information content (AvgIpc) is 3.29. The Kier molecular flexibility index (Phi) is 4.71. The highest BCUT2D eigenvalue weighted by Crippen LogP contribution is 2.36. The highest BCUT2D eigenvalue weighted by molar-refractivity contribution is 7.89. The van der Waals surface area contributed by atoms with Crippen molar-refractivity contribution in [1.82, 2.24) is 8.87 Å². The van der Waals surface area contributed by atoms with Gasteiger partial charge in [0, 0.05) is 37.3 Å². The summed E-state index contributed by atoms with van der Waals surface area (Å²) in [5.41, 5.74) is 4.33. The van der Waals surface area contributed by atoms with E-state index in [9.17, 15) is 8.42 Å². The van der Waals surface area contributed by atoms with Crippen molar-refractivity contribution in [1.29, 1.82) is 0 Å². The largest absolute Gasteiger partial charge is 0.495 e. The predicted molar refractivity (Wildman–Crippen MR) is 112 cm³/mol. The van der Waals surface area contributed by atoms with Gasteiger partial charge in [-0.05, 0) is 61.0 Å². The summed E-state index contributed by atoms with van der Waals surface area (Å²) in [4.78, 5) is 0.260. The molecule has 2 heterocycles. The van der Waals surface area contributed by atoms with E-state index in [1.54, 1.807) is 16.4 Å². The number of aromatic nitrogens is 1. The quantitative estimate of drug-likeness (QED) is 0.668. The lowest BCUT2D eigenvalue weighted by molar-refractivity contribution is 0.397. The fraction of sp³-hybridized carbons (Fsp3) is 0.364. The van der Waals surface area contributed by atoms with Crippen LogP contribution in [0.15, 0.2) is 47.4 Å². The third kappa shape index (κ3) is 3.01. The monoisotopic (exact) mass is 398 g/mol. The number of benzene rings is 2. The van der Waals surface area contributed by atoms with Crippen LogP contribution in [0.4, 0.5) is 0 Å². The molecule has 1 unspecified atom stereocenters. The van der Waals surface area contributed by atoms with Crippen LogP contribution < -0.4 is 4.74 Å². The molecule has 1 aliphatic rings. The molecule has 0 saturated carbocycles. The van der Waals surface area contributed by atoms with E-state index in [-0.39, 0.29) is 10.8 Å². The fourth-order valence-electron chi connectivity index (χ4n) is 4.15. The zero-order chi connectivity index (χ0) is 20.1. The van der Waals surface area contributed by atoms with E-state index in [2.05, 4.69) is 29.8 Å². The van der Waals surface area contributed by atoms with E-state index in [0.29, 0.717) is 18.8 Å². The summed E-state index contributed by atoms with van der Waals surface area (Å²) >= 11 is 0. The molecule has 148 valence electrons. The van der Waals surface area contributed by atoms with E-state index >= 15 is 0 Å². The molecule has 5 nitrogen and oxygen atoms in total. The molecule has 0 amide bonds. The maximum Gasteiger partial charge on any atom is 0.246 e. The van der Waals surface area contributed by atoms with Crippen molar-refractivity contribution in [3.8, 4) is 5.75 Å². The van der Waals surface area contributed by atoms with Crippen LogP contribution in [-0.4, -0.2) is 37.5 Å². The Hall–Kier alpha value is -2.31. The Balaban J connectivity index is 1.67. The first-order valence-corrected chi connectivity index (χ1v) is 11.0. The van der Waals surface area contributed by atoms with Gasteiger partial charge in [-0.3, -0.25) is 0 Å². The van der Waals surface area contributed by atoms with Gasteiger partial charge in [0.1, 0.15) is 10.6 Å². The minimum absolute atomic E-state index is 0.185. The molecule has 1 aromatic heterocycles. The smallest absolute Gasteiger partial charge is 0.246 e. The van der Waals surface area contributed by atoms with Gasteiger partial charge >= 0.3 is 0 Å². The van der Waals surface area contributed by atoms with Crippen molar-refractivity contribution < 1.29 is 13.2 Å². The lowest BCUT2D eigenvalue weighted by Crippen LogP contribution is -2.29. The van der Waals surface area contributed by atoms with Crippen LogP contribution in [0.2, 0.25) is 0 Å². The Labute approximate surface area is 166 Å². The number of nitrogens with zero attached hydrogens (tertiary/aromatic N) is 2. The third-order valence-corrected chi connectivity index (χ3v) is 7.84.